The summed E-state index contributed by atoms with van der Waals surface area (Å²) in [5.74, 6) is 1.81. The molecule has 1 aliphatic carbocycles. The SMILES string of the molecule is CCNC(=NCC(C)(C)N1CC(C)OC(C)C1)NCC1CC1. The number of morpholine rings is 1. The maximum Gasteiger partial charge on any atom is 0.191 e. The number of rotatable bonds is 6. The number of nitrogens with one attached hydrogen (secondary N) is 2. The van der Waals surface area contributed by atoms with Crippen LogP contribution in [0.1, 0.15) is 47.5 Å². The van der Waals surface area contributed by atoms with Gasteiger partial charge in [-0.1, -0.05) is 0 Å². The number of ether oxygens (including phenoxy) is 1. The zero-order chi connectivity index (χ0) is 16.2. The van der Waals surface area contributed by atoms with E-state index in [0.717, 1.165) is 44.6 Å². The van der Waals surface area contributed by atoms with Crippen molar-refractivity contribution in [3.63, 3.8) is 0 Å². The van der Waals surface area contributed by atoms with Crippen molar-refractivity contribution in [2.24, 2.45) is 10.9 Å². The molecule has 2 atom stereocenters. The number of hydrogen-bond donors (Lipinski definition) is 2. The van der Waals surface area contributed by atoms with Crippen LogP contribution in [0.3, 0.4) is 0 Å². The average Bonchev–Trinajstić information content (AvgIpc) is 3.25. The first-order valence-corrected chi connectivity index (χ1v) is 8.83. The van der Waals surface area contributed by atoms with Crippen LogP contribution in [-0.4, -0.2) is 61.3 Å². The first-order chi connectivity index (χ1) is 10.4. The molecular formula is C17H34N4O. The molecule has 1 heterocycles. The highest BCUT2D eigenvalue weighted by molar-refractivity contribution is 5.79. The van der Waals surface area contributed by atoms with E-state index in [1.165, 1.54) is 12.8 Å². The standard InChI is InChI=1S/C17H34N4O/c1-6-18-16(19-9-15-7-8-15)20-12-17(4,5)21-10-13(2)22-14(3)11-21/h13-15H,6-12H2,1-5H3,(H2,18,19,20). The lowest BCUT2D eigenvalue weighted by atomic mass is 10.0. The average molecular weight is 310 g/mol. The third-order valence-corrected chi connectivity index (χ3v) is 4.50. The second-order valence-electron chi connectivity index (χ2n) is 7.49. The van der Waals surface area contributed by atoms with Gasteiger partial charge in [-0.2, -0.15) is 0 Å². The summed E-state index contributed by atoms with van der Waals surface area (Å²) in [6.45, 7) is 15.7. The Bertz CT molecular complexity index is 369. The Morgan fingerprint density at radius 2 is 1.82 bits per heavy atom. The zero-order valence-corrected chi connectivity index (χ0v) is 15.0. The highest BCUT2D eigenvalue weighted by Gasteiger charge is 2.33. The first-order valence-electron chi connectivity index (χ1n) is 8.83. The van der Waals surface area contributed by atoms with Gasteiger partial charge in [-0.05, 0) is 53.4 Å². The van der Waals surface area contributed by atoms with Gasteiger partial charge in [0.15, 0.2) is 5.96 Å². The third-order valence-electron chi connectivity index (χ3n) is 4.50. The molecule has 1 saturated carbocycles. The zero-order valence-electron chi connectivity index (χ0n) is 15.0. The van der Waals surface area contributed by atoms with Crippen LogP contribution in [-0.2, 0) is 4.74 Å². The Morgan fingerprint density at radius 1 is 1.18 bits per heavy atom. The number of nitrogens with zero attached hydrogens (tertiary/aromatic N) is 2. The largest absolute Gasteiger partial charge is 0.373 e. The van der Waals surface area contributed by atoms with Crippen LogP contribution >= 0.6 is 0 Å². The summed E-state index contributed by atoms with van der Waals surface area (Å²) >= 11 is 0. The van der Waals surface area contributed by atoms with Crippen LogP contribution in [0.25, 0.3) is 0 Å². The Balaban J connectivity index is 1.90. The molecule has 1 aliphatic heterocycles. The lowest BCUT2D eigenvalue weighted by molar-refractivity contribution is -0.0939. The van der Waals surface area contributed by atoms with Crippen LogP contribution in [0.15, 0.2) is 4.99 Å². The summed E-state index contributed by atoms with van der Waals surface area (Å²) < 4.78 is 5.85. The van der Waals surface area contributed by atoms with E-state index in [4.69, 9.17) is 9.73 Å². The molecule has 0 aromatic carbocycles. The lowest BCUT2D eigenvalue weighted by Crippen LogP contribution is -2.56. The van der Waals surface area contributed by atoms with E-state index in [9.17, 15) is 0 Å². The summed E-state index contributed by atoms with van der Waals surface area (Å²) in [5, 5.41) is 6.83. The maximum absolute atomic E-state index is 5.85. The molecule has 2 unspecified atom stereocenters. The van der Waals surface area contributed by atoms with Crippen LogP contribution in [0.5, 0.6) is 0 Å². The monoisotopic (exact) mass is 310 g/mol. The second-order valence-corrected chi connectivity index (χ2v) is 7.49. The van der Waals surface area contributed by atoms with E-state index in [0.29, 0.717) is 12.2 Å². The minimum absolute atomic E-state index is 0.0498. The normalized spacial score (nSPS) is 27.8. The van der Waals surface area contributed by atoms with Gasteiger partial charge in [0, 0.05) is 31.7 Å². The molecule has 128 valence electrons. The summed E-state index contributed by atoms with van der Waals surface area (Å²) in [6, 6.07) is 0. The maximum atomic E-state index is 5.85. The topological polar surface area (TPSA) is 48.9 Å². The highest BCUT2D eigenvalue weighted by Crippen LogP contribution is 2.27. The van der Waals surface area contributed by atoms with E-state index in [2.05, 4.69) is 50.2 Å². The Labute approximate surface area is 135 Å². The Morgan fingerprint density at radius 3 is 2.36 bits per heavy atom. The molecule has 2 rings (SSSR count). The van der Waals surface area contributed by atoms with Gasteiger partial charge in [-0.3, -0.25) is 9.89 Å². The fourth-order valence-corrected chi connectivity index (χ4v) is 2.95. The van der Waals surface area contributed by atoms with E-state index in [-0.39, 0.29) is 5.54 Å². The predicted octanol–water partition coefficient (Wildman–Crippen LogP) is 1.84. The van der Waals surface area contributed by atoms with Crippen LogP contribution in [0.4, 0.5) is 0 Å². The molecule has 5 nitrogen and oxygen atoms in total. The van der Waals surface area contributed by atoms with E-state index in [1.807, 2.05) is 0 Å². The molecule has 22 heavy (non-hydrogen) atoms. The van der Waals surface area contributed by atoms with E-state index < -0.39 is 0 Å². The van der Waals surface area contributed by atoms with Gasteiger partial charge in [-0.25, -0.2) is 0 Å². The van der Waals surface area contributed by atoms with Gasteiger partial charge in [-0.15, -0.1) is 0 Å². The summed E-state index contributed by atoms with van der Waals surface area (Å²) in [4.78, 5) is 7.34. The van der Waals surface area contributed by atoms with Crippen molar-refractivity contribution >= 4 is 5.96 Å². The molecule has 2 aliphatic rings. The quantitative estimate of drug-likeness (QED) is 0.580. The molecule has 0 radical (unpaired) electrons. The molecule has 0 aromatic rings. The smallest absolute Gasteiger partial charge is 0.191 e. The summed E-state index contributed by atoms with van der Waals surface area (Å²) in [6.07, 6.45) is 3.32. The van der Waals surface area contributed by atoms with Crippen molar-refractivity contribution in [2.45, 2.75) is 65.2 Å². The summed E-state index contributed by atoms with van der Waals surface area (Å²) in [5.41, 5.74) is 0.0498. The van der Waals surface area contributed by atoms with Crippen LogP contribution < -0.4 is 10.6 Å². The number of hydrogen-bond acceptors (Lipinski definition) is 3. The van der Waals surface area contributed by atoms with Crippen molar-refractivity contribution in [3.8, 4) is 0 Å². The first kappa shape index (κ1) is 17.5. The molecule has 5 heteroatoms. The highest BCUT2D eigenvalue weighted by atomic mass is 16.5. The molecule has 0 spiro atoms. The van der Waals surface area contributed by atoms with Gasteiger partial charge in [0.2, 0.25) is 0 Å². The minimum Gasteiger partial charge on any atom is -0.373 e. The molecule has 0 amide bonds. The molecule has 0 bridgehead atoms. The predicted molar refractivity (Wildman–Crippen MR) is 92.4 cm³/mol. The van der Waals surface area contributed by atoms with Gasteiger partial charge >= 0.3 is 0 Å². The second kappa shape index (κ2) is 7.64. The van der Waals surface area contributed by atoms with Crippen LogP contribution in [0, 0.1) is 5.92 Å². The van der Waals surface area contributed by atoms with Crippen molar-refractivity contribution in [1.29, 1.82) is 0 Å². The third kappa shape index (κ3) is 5.43. The van der Waals surface area contributed by atoms with Gasteiger partial charge in [0.1, 0.15) is 0 Å². The van der Waals surface area contributed by atoms with Crippen LogP contribution in [0.2, 0.25) is 0 Å². The van der Waals surface area contributed by atoms with Crippen molar-refractivity contribution in [2.75, 3.05) is 32.7 Å². The molecule has 1 saturated heterocycles. The lowest BCUT2D eigenvalue weighted by Gasteiger charge is -2.44. The molecule has 2 fully saturated rings. The van der Waals surface area contributed by atoms with Crippen molar-refractivity contribution in [1.82, 2.24) is 15.5 Å². The van der Waals surface area contributed by atoms with Gasteiger partial charge < -0.3 is 15.4 Å². The molecule has 2 N–H and O–H groups in total. The van der Waals surface area contributed by atoms with E-state index in [1.54, 1.807) is 0 Å². The van der Waals surface area contributed by atoms with Gasteiger partial charge in [0.25, 0.3) is 0 Å². The summed E-state index contributed by atoms with van der Waals surface area (Å²) in [7, 11) is 0. The van der Waals surface area contributed by atoms with E-state index >= 15 is 0 Å². The molecular weight excluding hydrogens is 276 g/mol. The number of aliphatic imine (C=N–C) groups is 1. The Hall–Kier alpha value is -0.810. The fraction of sp³-hybridized carbons (Fsp3) is 0.941. The molecule has 0 aromatic heterocycles. The van der Waals surface area contributed by atoms with Gasteiger partial charge in [0.05, 0.1) is 18.8 Å². The fourth-order valence-electron chi connectivity index (χ4n) is 2.95. The number of guanidine groups is 1. The minimum atomic E-state index is 0.0498. The Kier molecular flexibility index (Phi) is 6.09. The van der Waals surface area contributed by atoms with Crippen molar-refractivity contribution < 1.29 is 4.74 Å². The van der Waals surface area contributed by atoms with Crippen molar-refractivity contribution in [3.05, 3.63) is 0 Å².